The summed E-state index contributed by atoms with van der Waals surface area (Å²) in [6.45, 7) is 7.76. The third kappa shape index (κ3) is 6.50. The van der Waals surface area contributed by atoms with Crippen molar-refractivity contribution in [3.05, 3.63) is 76.6 Å². The van der Waals surface area contributed by atoms with Gasteiger partial charge in [-0.25, -0.2) is 0 Å². The Bertz CT molecular complexity index is 1030. The topological polar surface area (TPSA) is 59.8 Å². The van der Waals surface area contributed by atoms with Crippen molar-refractivity contribution in [3.63, 3.8) is 0 Å². The second kappa shape index (κ2) is 10.6. The van der Waals surface area contributed by atoms with E-state index in [1.807, 2.05) is 55.1 Å². The number of halogens is 1. The second-order valence-electron chi connectivity index (χ2n) is 8.96. The van der Waals surface area contributed by atoms with Crippen molar-refractivity contribution in [2.75, 3.05) is 26.3 Å². The average molecular weight is 470 g/mol. The van der Waals surface area contributed by atoms with Crippen LogP contribution in [0, 0.1) is 13.8 Å². The van der Waals surface area contributed by atoms with Crippen molar-refractivity contribution in [1.82, 2.24) is 14.7 Å². The van der Waals surface area contributed by atoms with Gasteiger partial charge in [0.15, 0.2) is 0 Å². The van der Waals surface area contributed by atoms with Crippen LogP contribution >= 0.6 is 11.6 Å². The first-order valence-electron chi connectivity index (χ1n) is 11.4. The monoisotopic (exact) mass is 469 g/mol. The molecule has 3 aromatic rings. The van der Waals surface area contributed by atoms with Gasteiger partial charge in [-0.1, -0.05) is 23.7 Å². The Morgan fingerprint density at radius 3 is 2.67 bits per heavy atom. The number of piperidine rings is 1. The zero-order chi connectivity index (χ0) is 23.3. The summed E-state index contributed by atoms with van der Waals surface area (Å²) in [7, 11) is 0. The number of aliphatic hydroxyl groups is 1. The summed E-state index contributed by atoms with van der Waals surface area (Å²) < 4.78 is 13.8. The molecule has 2 aromatic carbocycles. The maximum Gasteiger partial charge on any atom is 0.120 e. The van der Waals surface area contributed by atoms with Crippen LogP contribution in [0.25, 0.3) is 0 Å². The molecule has 1 saturated heterocycles. The third-order valence-corrected chi connectivity index (χ3v) is 6.60. The van der Waals surface area contributed by atoms with Gasteiger partial charge in [-0.2, -0.15) is 5.10 Å². The van der Waals surface area contributed by atoms with Gasteiger partial charge in [-0.3, -0.25) is 9.58 Å². The molecule has 0 radical (unpaired) electrons. The number of aromatic nitrogens is 2. The lowest BCUT2D eigenvalue weighted by Crippen LogP contribution is -2.51. The van der Waals surface area contributed by atoms with Crippen molar-refractivity contribution < 1.29 is 14.6 Å². The zero-order valence-electron chi connectivity index (χ0n) is 19.3. The molecule has 6 nitrogen and oxygen atoms in total. The Morgan fingerprint density at radius 2 is 1.91 bits per heavy atom. The SMILES string of the molecule is Cc1cc(OCC2(O)CCCN(Cc3cccc(OCCn4cccn4)c3)C2)cc(C)c1Cl. The van der Waals surface area contributed by atoms with Gasteiger partial charge in [-0.15, -0.1) is 0 Å². The molecule has 1 aliphatic heterocycles. The molecule has 7 heteroatoms. The fourth-order valence-electron chi connectivity index (χ4n) is 4.35. The van der Waals surface area contributed by atoms with Crippen LogP contribution in [0.1, 0.15) is 29.5 Å². The predicted octanol–water partition coefficient (Wildman–Crippen LogP) is 4.64. The van der Waals surface area contributed by atoms with E-state index in [0.29, 0.717) is 19.7 Å². The molecular formula is C26H32ClN3O3. The predicted molar refractivity (Wildman–Crippen MR) is 130 cm³/mol. The highest BCUT2D eigenvalue weighted by molar-refractivity contribution is 6.32. The first-order chi connectivity index (χ1) is 15.9. The van der Waals surface area contributed by atoms with E-state index >= 15 is 0 Å². The Morgan fingerprint density at radius 1 is 1.09 bits per heavy atom. The molecule has 1 fully saturated rings. The average Bonchev–Trinajstić information content (AvgIpc) is 3.30. The molecule has 1 unspecified atom stereocenters. The van der Waals surface area contributed by atoms with Crippen LogP contribution in [0.5, 0.6) is 11.5 Å². The standard InChI is InChI=1S/C26H32ClN3O3/c1-20-14-24(15-21(2)25(20)27)33-19-26(31)8-4-10-29(18-26)17-22-6-3-7-23(16-22)32-13-12-30-11-5-9-28-30/h3,5-7,9,11,14-16,31H,4,8,10,12-13,17-19H2,1-2H3. The molecule has 4 rings (SSSR count). The summed E-state index contributed by atoms with van der Waals surface area (Å²) in [5.74, 6) is 1.60. The molecule has 0 amide bonds. The molecule has 0 saturated carbocycles. The molecule has 33 heavy (non-hydrogen) atoms. The van der Waals surface area contributed by atoms with E-state index in [0.717, 1.165) is 53.6 Å². The maximum absolute atomic E-state index is 11.2. The quantitative estimate of drug-likeness (QED) is 0.494. The van der Waals surface area contributed by atoms with Crippen LogP contribution in [0.15, 0.2) is 54.9 Å². The highest BCUT2D eigenvalue weighted by Crippen LogP contribution is 2.28. The van der Waals surface area contributed by atoms with Crippen LogP contribution in [0.3, 0.4) is 0 Å². The summed E-state index contributed by atoms with van der Waals surface area (Å²) in [6, 6.07) is 13.9. The number of aryl methyl sites for hydroxylation is 2. The minimum atomic E-state index is -0.877. The highest BCUT2D eigenvalue weighted by atomic mass is 35.5. The molecular weight excluding hydrogens is 438 g/mol. The Balaban J connectivity index is 1.30. The fourth-order valence-corrected chi connectivity index (χ4v) is 4.46. The summed E-state index contributed by atoms with van der Waals surface area (Å²) in [5.41, 5.74) is 2.25. The zero-order valence-corrected chi connectivity index (χ0v) is 20.1. The van der Waals surface area contributed by atoms with Gasteiger partial charge in [0.2, 0.25) is 0 Å². The first-order valence-corrected chi connectivity index (χ1v) is 11.8. The van der Waals surface area contributed by atoms with Gasteiger partial charge < -0.3 is 14.6 Å². The lowest BCUT2D eigenvalue weighted by molar-refractivity contribution is -0.0621. The number of hydrogen-bond acceptors (Lipinski definition) is 5. The summed E-state index contributed by atoms with van der Waals surface area (Å²) in [6.07, 6.45) is 5.35. The number of hydrogen-bond donors (Lipinski definition) is 1. The molecule has 0 bridgehead atoms. The molecule has 1 aromatic heterocycles. The molecule has 2 heterocycles. The van der Waals surface area contributed by atoms with Crippen molar-refractivity contribution in [2.45, 2.75) is 45.4 Å². The molecule has 0 spiro atoms. The van der Waals surface area contributed by atoms with Crippen molar-refractivity contribution in [2.24, 2.45) is 0 Å². The van der Waals surface area contributed by atoms with Crippen molar-refractivity contribution in [3.8, 4) is 11.5 Å². The summed E-state index contributed by atoms with van der Waals surface area (Å²) in [5, 5.41) is 16.2. The first kappa shape index (κ1) is 23.6. The molecule has 0 aliphatic carbocycles. The van der Waals surface area contributed by atoms with Crippen LogP contribution in [-0.2, 0) is 13.1 Å². The van der Waals surface area contributed by atoms with E-state index in [4.69, 9.17) is 21.1 Å². The van der Waals surface area contributed by atoms with Crippen LogP contribution in [-0.4, -0.2) is 51.7 Å². The fraction of sp³-hybridized carbons (Fsp3) is 0.423. The molecule has 176 valence electrons. The number of nitrogens with zero attached hydrogens (tertiary/aromatic N) is 3. The lowest BCUT2D eigenvalue weighted by atomic mass is 9.93. The summed E-state index contributed by atoms with van der Waals surface area (Å²) in [4.78, 5) is 2.29. The molecule has 1 N–H and O–H groups in total. The number of ether oxygens (including phenoxy) is 2. The van der Waals surface area contributed by atoms with E-state index in [9.17, 15) is 5.11 Å². The number of likely N-dealkylation sites (tertiary alicyclic amines) is 1. The van der Waals surface area contributed by atoms with Gasteiger partial charge in [-0.05, 0) is 80.3 Å². The Labute approximate surface area is 200 Å². The normalized spacial score (nSPS) is 18.9. The van der Waals surface area contributed by atoms with Gasteiger partial charge >= 0.3 is 0 Å². The van der Waals surface area contributed by atoms with Crippen molar-refractivity contribution >= 4 is 11.6 Å². The van der Waals surface area contributed by atoms with Crippen LogP contribution in [0.4, 0.5) is 0 Å². The molecule has 1 atom stereocenters. The highest BCUT2D eigenvalue weighted by Gasteiger charge is 2.34. The minimum Gasteiger partial charge on any atom is -0.492 e. The largest absolute Gasteiger partial charge is 0.492 e. The van der Waals surface area contributed by atoms with Crippen molar-refractivity contribution in [1.29, 1.82) is 0 Å². The van der Waals surface area contributed by atoms with Gasteiger partial charge in [0, 0.05) is 30.5 Å². The molecule has 1 aliphatic rings. The number of benzene rings is 2. The second-order valence-corrected chi connectivity index (χ2v) is 9.34. The van der Waals surface area contributed by atoms with E-state index in [-0.39, 0.29) is 6.61 Å². The van der Waals surface area contributed by atoms with Crippen LogP contribution in [0.2, 0.25) is 5.02 Å². The van der Waals surface area contributed by atoms with Crippen LogP contribution < -0.4 is 9.47 Å². The maximum atomic E-state index is 11.2. The van der Waals surface area contributed by atoms with E-state index in [1.165, 1.54) is 5.56 Å². The van der Waals surface area contributed by atoms with E-state index in [1.54, 1.807) is 6.20 Å². The van der Waals surface area contributed by atoms with E-state index in [2.05, 4.69) is 22.1 Å². The van der Waals surface area contributed by atoms with Gasteiger partial charge in [0.05, 0.1) is 6.54 Å². The number of rotatable bonds is 9. The Hall–Kier alpha value is -2.54. The lowest BCUT2D eigenvalue weighted by Gasteiger charge is -2.39. The summed E-state index contributed by atoms with van der Waals surface area (Å²) >= 11 is 6.26. The van der Waals surface area contributed by atoms with E-state index < -0.39 is 5.60 Å². The minimum absolute atomic E-state index is 0.264. The Kier molecular flexibility index (Phi) is 7.58. The van der Waals surface area contributed by atoms with Gasteiger partial charge in [0.25, 0.3) is 0 Å². The number of β-amino-alcohol motifs (C(OH)–C–C–N with tert-alkyl or cyclic N) is 1. The van der Waals surface area contributed by atoms with Gasteiger partial charge in [0.1, 0.15) is 30.3 Å². The third-order valence-electron chi connectivity index (χ3n) is 6.00. The smallest absolute Gasteiger partial charge is 0.120 e.